The van der Waals surface area contributed by atoms with Crippen LogP contribution in [-0.2, 0) is 6.42 Å². The number of phenols is 1. The van der Waals surface area contributed by atoms with Crippen LogP contribution in [0.1, 0.15) is 48.5 Å². The van der Waals surface area contributed by atoms with Crippen LogP contribution in [0, 0.1) is 0 Å². The summed E-state index contributed by atoms with van der Waals surface area (Å²) >= 11 is 0. The number of benzene rings is 5. The molecule has 0 unspecified atom stereocenters. The minimum atomic E-state index is -0.367. The van der Waals surface area contributed by atoms with Gasteiger partial charge in [0.15, 0.2) is 5.78 Å². The van der Waals surface area contributed by atoms with Crippen LogP contribution in [0.15, 0.2) is 120 Å². The van der Waals surface area contributed by atoms with Gasteiger partial charge in [0.2, 0.25) is 0 Å². The van der Waals surface area contributed by atoms with Gasteiger partial charge in [0.05, 0.1) is 22.6 Å². The maximum Gasteiger partial charge on any atom is 0.255 e. The molecule has 0 heterocycles. The molecule has 5 aromatic carbocycles. The first-order valence-electron chi connectivity index (χ1n) is 12.9. The van der Waals surface area contributed by atoms with E-state index in [0.29, 0.717) is 39.2 Å². The van der Waals surface area contributed by atoms with Crippen molar-refractivity contribution >= 4 is 34.5 Å². The van der Waals surface area contributed by atoms with Crippen molar-refractivity contribution in [2.75, 3.05) is 11.1 Å². The quantitative estimate of drug-likeness (QED) is 0.176. The van der Waals surface area contributed by atoms with Crippen molar-refractivity contribution < 1.29 is 14.7 Å². The minimum Gasteiger partial charge on any atom is -0.505 e. The van der Waals surface area contributed by atoms with E-state index >= 15 is 0 Å². The number of phenolic OH excluding ortho intramolecular Hbond substituents is 1. The number of carbonyl (C=O) groups is 2. The van der Waals surface area contributed by atoms with Crippen molar-refractivity contribution in [3.05, 3.63) is 154 Å². The highest BCUT2D eigenvalue weighted by Gasteiger charge is 2.31. The third-order valence-electron chi connectivity index (χ3n) is 6.94. The Labute approximate surface area is 231 Å². The number of nitrogens with two attached hydrogens (primary N) is 1. The number of aromatic hydroxyl groups is 1. The number of hydrogen-bond acceptors (Lipinski definition) is 5. The number of nitrogens with zero attached hydrogens (tertiary/aromatic N) is 1. The first-order valence-corrected chi connectivity index (χ1v) is 12.9. The van der Waals surface area contributed by atoms with E-state index in [1.54, 1.807) is 48.5 Å². The lowest BCUT2D eigenvalue weighted by molar-refractivity contribution is 0.102. The van der Waals surface area contributed by atoms with Crippen molar-refractivity contribution in [1.29, 1.82) is 0 Å². The van der Waals surface area contributed by atoms with E-state index in [-0.39, 0.29) is 23.1 Å². The third kappa shape index (κ3) is 4.74. The highest BCUT2D eigenvalue weighted by atomic mass is 16.3. The highest BCUT2D eigenvalue weighted by Crippen LogP contribution is 2.39. The van der Waals surface area contributed by atoms with Crippen LogP contribution in [-0.4, -0.2) is 22.5 Å². The van der Waals surface area contributed by atoms with Crippen molar-refractivity contribution in [3.8, 4) is 5.75 Å². The molecule has 1 aliphatic carbocycles. The lowest BCUT2D eigenvalue weighted by atomic mass is 9.82. The number of aliphatic imine (C=N–C) groups is 1. The highest BCUT2D eigenvalue weighted by molar-refractivity contribution is 6.32. The summed E-state index contributed by atoms with van der Waals surface area (Å²) in [5.41, 5.74) is 12.3. The Morgan fingerprint density at radius 1 is 0.725 bits per heavy atom. The van der Waals surface area contributed by atoms with Gasteiger partial charge in [0.25, 0.3) is 5.91 Å². The Morgan fingerprint density at radius 3 is 2.05 bits per heavy atom. The first kappa shape index (κ1) is 24.8. The molecular weight excluding hydrogens is 498 g/mol. The van der Waals surface area contributed by atoms with E-state index in [1.807, 2.05) is 66.7 Å². The Kier molecular flexibility index (Phi) is 6.42. The Balaban J connectivity index is 1.39. The minimum absolute atomic E-state index is 0.200. The number of nitrogen functional groups attached to an aromatic ring is 1. The van der Waals surface area contributed by atoms with Crippen LogP contribution in [0.3, 0.4) is 0 Å². The smallest absolute Gasteiger partial charge is 0.255 e. The van der Waals surface area contributed by atoms with Gasteiger partial charge in [-0.3, -0.25) is 9.59 Å². The molecule has 1 aliphatic rings. The molecule has 6 nitrogen and oxygen atoms in total. The van der Waals surface area contributed by atoms with Gasteiger partial charge in [-0.05, 0) is 66.1 Å². The summed E-state index contributed by atoms with van der Waals surface area (Å²) in [7, 11) is 0. The van der Waals surface area contributed by atoms with Crippen molar-refractivity contribution in [2.45, 2.75) is 6.42 Å². The second kappa shape index (κ2) is 10.3. The van der Waals surface area contributed by atoms with Crippen LogP contribution in [0.4, 0.5) is 17.1 Å². The van der Waals surface area contributed by atoms with Gasteiger partial charge in [-0.25, -0.2) is 4.99 Å². The zero-order chi connectivity index (χ0) is 27.6. The molecule has 0 saturated carbocycles. The molecule has 0 fully saturated rings. The van der Waals surface area contributed by atoms with E-state index in [9.17, 15) is 14.7 Å². The predicted molar refractivity (Wildman–Crippen MR) is 158 cm³/mol. The monoisotopic (exact) mass is 523 g/mol. The van der Waals surface area contributed by atoms with Gasteiger partial charge in [-0.15, -0.1) is 0 Å². The van der Waals surface area contributed by atoms with Gasteiger partial charge in [0.1, 0.15) is 5.75 Å². The lowest BCUT2D eigenvalue weighted by Gasteiger charge is -2.23. The molecule has 0 radical (unpaired) electrons. The number of carbonyl (C=O) groups excluding carboxylic acids is 2. The van der Waals surface area contributed by atoms with Gasteiger partial charge < -0.3 is 16.2 Å². The normalized spacial score (nSPS) is 13.0. The van der Waals surface area contributed by atoms with E-state index in [0.717, 1.165) is 23.2 Å². The summed E-state index contributed by atoms with van der Waals surface area (Å²) in [4.78, 5) is 31.1. The maximum atomic E-state index is 13.4. The van der Waals surface area contributed by atoms with Gasteiger partial charge in [-0.2, -0.15) is 0 Å². The molecule has 0 atom stereocenters. The Bertz CT molecular complexity index is 1770. The van der Waals surface area contributed by atoms with Crippen molar-refractivity contribution in [3.63, 3.8) is 0 Å². The fourth-order valence-corrected chi connectivity index (χ4v) is 4.88. The number of hydrogen-bond donors (Lipinski definition) is 3. The van der Waals surface area contributed by atoms with Crippen LogP contribution >= 0.6 is 0 Å². The molecule has 194 valence electrons. The molecule has 4 N–H and O–H groups in total. The summed E-state index contributed by atoms with van der Waals surface area (Å²) in [5, 5.41) is 14.2. The van der Waals surface area contributed by atoms with Crippen LogP contribution < -0.4 is 11.1 Å². The molecule has 6 rings (SSSR count). The second-order valence-corrected chi connectivity index (χ2v) is 9.62. The molecule has 0 aromatic heterocycles. The fourth-order valence-electron chi connectivity index (χ4n) is 4.88. The van der Waals surface area contributed by atoms with E-state index in [1.165, 1.54) is 0 Å². The molecule has 5 aromatic rings. The lowest BCUT2D eigenvalue weighted by Crippen LogP contribution is -2.22. The van der Waals surface area contributed by atoms with Crippen LogP contribution in [0.25, 0.3) is 0 Å². The second-order valence-electron chi connectivity index (χ2n) is 9.62. The Hall–Kier alpha value is -5.49. The zero-order valence-electron chi connectivity index (χ0n) is 21.5. The number of anilines is 2. The average Bonchev–Trinajstić information content (AvgIpc) is 2.99. The molecule has 1 amide bonds. The largest absolute Gasteiger partial charge is 0.505 e. The van der Waals surface area contributed by atoms with E-state index in [4.69, 9.17) is 10.7 Å². The predicted octanol–water partition coefficient (Wildman–Crippen LogP) is 6.53. The summed E-state index contributed by atoms with van der Waals surface area (Å²) < 4.78 is 0. The SMILES string of the molecule is Nc1ccc(Cc2ccc(N=C3c4ccccc4C(=O)c4ccc(NC(=O)c5ccccc5)c(O)c43)cc2)cc1. The number of amides is 1. The number of nitrogens with one attached hydrogen (secondary N) is 1. The summed E-state index contributed by atoms with van der Waals surface area (Å²) in [5.74, 6) is -0.781. The average molecular weight is 524 g/mol. The van der Waals surface area contributed by atoms with Crippen LogP contribution in [0.5, 0.6) is 5.75 Å². The van der Waals surface area contributed by atoms with E-state index in [2.05, 4.69) is 5.32 Å². The zero-order valence-corrected chi connectivity index (χ0v) is 21.5. The van der Waals surface area contributed by atoms with Crippen LogP contribution in [0.2, 0.25) is 0 Å². The molecule has 40 heavy (non-hydrogen) atoms. The van der Waals surface area contributed by atoms with Gasteiger partial charge in [0, 0.05) is 27.9 Å². The van der Waals surface area contributed by atoms with Crippen molar-refractivity contribution in [1.82, 2.24) is 0 Å². The maximum absolute atomic E-state index is 13.4. The van der Waals surface area contributed by atoms with Gasteiger partial charge >= 0.3 is 0 Å². The fraction of sp³-hybridized carbons (Fsp3) is 0.0294. The molecular formula is C34H25N3O3. The number of rotatable bonds is 5. The molecule has 0 spiro atoms. The molecule has 0 bridgehead atoms. The van der Waals surface area contributed by atoms with Gasteiger partial charge in [-0.1, -0.05) is 66.7 Å². The number of fused-ring (bicyclic) bond motifs is 2. The summed E-state index contributed by atoms with van der Waals surface area (Å²) in [6.45, 7) is 0. The topological polar surface area (TPSA) is 105 Å². The third-order valence-corrected chi connectivity index (χ3v) is 6.94. The Morgan fingerprint density at radius 2 is 1.35 bits per heavy atom. The standard InChI is InChI=1S/C34H25N3O3/c35-24-14-10-21(11-15-24)20-22-12-16-25(17-13-22)36-31-26-8-4-5-9-27(26)32(38)28-18-19-29(33(39)30(28)31)37-34(40)23-6-2-1-3-7-23/h1-19,39H,20,35H2,(H,37,40). The molecule has 0 saturated heterocycles. The molecule has 6 heteroatoms. The molecule has 0 aliphatic heterocycles. The van der Waals surface area contributed by atoms with E-state index < -0.39 is 0 Å². The summed E-state index contributed by atoms with van der Waals surface area (Å²) in [6.07, 6.45) is 0.753. The summed E-state index contributed by atoms with van der Waals surface area (Å²) in [6, 6.07) is 34.7. The number of ketones is 1. The first-order chi connectivity index (χ1) is 19.5. The van der Waals surface area contributed by atoms with Crippen molar-refractivity contribution in [2.24, 2.45) is 4.99 Å².